The van der Waals surface area contributed by atoms with Crippen molar-refractivity contribution < 1.29 is 14.6 Å². The van der Waals surface area contributed by atoms with Gasteiger partial charge in [0.05, 0.1) is 18.4 Å². The van der Waals surface area contributed by atoms with Crippen LogP contribution in [0.25, 0.3) is 0 Å². The minimum Gasteiger partial charge on any atom is -0.504 e. The van der Waals surface area contributed by atoms with E-state index in [4.69, 9.17) is 4.74 Å². The van der Waals surface area contributed by atoms with Gasteiger partial charge in [-0.05, 0) is 26.0 Å². The van der Waals surface area contributed by atoms with E-state index in [0.29, 0.717) is 6.54 Å². The molecule has 6 heteroatoms. The summed E-state index contributed by atoms with van der Waals surface area (Å²) in [6, 6.07) is 4.81. The van der Waals surface area contributed by atoms with E-state index in [9.17, 15) is 9.90 Å². The molecule has 1 amide bonds. The van der Waals surface area contributed by atoms with Crippen LogP contribution in [0.5, 0.6) is 11.5 Å². The zero-order valence-corrected chi connectivity index (χ0v) is 12.6. The molecule has 2 aromatic rings. The van der Waals surface area contributed by atoms with Crippen LogP contribution in [0, 0.1) is 13.8 Å². The lowest BCUT2D eigenvalue weighted by atomic mass is 10.1. The van der Waals surface area contributed by atoms with Gasteiger partial charge in [0.25, 0.3) is 5.91 Å². The number of phenols is 1. The van der Waals surface area contributed by atoms with Gasteiger partial charge in [-0.25, -0.2) is 0 Å². The summed E-state index contributed by atoms with van der Waals surface area (Å²) < 4.78 is 6.77. The Morgan fingerprint density at radius 1 is 1.43 bits per heavy atom. The Labute approximate surface area is 123 Å². The Morgan fingerprint density at radius 3 is 2.71 bits per heavy atom. The molecule has 0 atom stereocenters. The second kappa shape index (κ2) is 5.87. The number of methoxy groups -OCH3 is 1. The Bertz CT molecular complexity index is 677. The smallest absolute Gasteiger partial charge is 0.255 e. The van der Waals surface area contributed by atoms with Crippen LogP contribution in [0.15, 0.2) is 18.2 Å². The lowest BCUT2D eigenvalue weighted by Gasteiger charge is -2.09. The Kier molecular flexibility index (Phi) is 4.16. The van der Waals surface area contributed by atoms with E-state index >= 15 is 0 Å². The van der Waals surface area contributed by atoms with Crippen LogP contribution in [0.2, 0.25) is 0 Å². The number of ether oxygens (including phenoxy) is 1. The van der Waals surface area contributed by atoms with Crippen LogP contribution in [0.1, 0.15) is 27.3 Å². The number of hydrogen-bond acceptors (Lipinski definition) is 4. The molecule has 0 saturated carbocycles. The number of nitrogens with zero attached hydrogens (tertiary/aromatic N) is 2. The molecule has 2 N–H and O–H groups in total. The Hall–Kier alpha value is -2.50. The highest BCUT2D eigenvalue weighted by Gasteiger charge is 2.16. The van der Waals surface area contributed by atoms with E-state index in [2.05, 4.69) is 10.4 Å². The van der Waals surface area contributed by atoms with Gasteiger partial charge < -0.3 is 15.2 Å². The molecule has 0 aliphatic carbocycles. The fourth-order valence-electron chi connectivity index (χ4n) is 2.21. The van der Waals surface area contributed by atoms with E-state index in [1.165, 1.54) is 7.11 Å². The maximum Gasteiger partial charge on any atom is 0.255 e. The number of aromatic hydroxyl groups is 1. The first-order valence-electron chi connectivity index (χ1n) is 6.59. The number of carbonyl (C=O) groups excluding carboxylic acids is 1. The SMILES string of the molecule is COc1cccc(C(=O)NCc2c(C)nn(C)c2C)c1O. The third kappa shape index (κ3) is 2.84. The van der Waals surface area contributed by atoms with Gasteiger partial charge in [-0.15, -0.1) is 0 Å². The van der Waals surface area contributed by atoms with Crippen molar-refractivity contribution in [1.29, 1.82) is 0 Å². The predicted molar refractivity (Wildman–Crippen MR) is 78.5 cm³/mol. The summed E-state index contributed by atoms with van der Waals surface area (Å²) in [7, 11) is 3.31. The van der Waals surface area contributed by atoms with E-state index in [1.54, 1.807) is 22.9 Å². The van der Waals surface area contributed by atoms with Gasteiger partial charge in [0.15, 0.2) is 11.5 Å². The zero-order chi connectivity index (χ0) is 15.6. The van der Waals surface area contributed by atoms with Crippen LogP contribution in [-0.2, 0) is 13.6 Å². The van der Waals surface area contributed by atoms with Crippen molar-refractivity contribution in [2.24, 2.45) is 7.05 Å². The molecule has 0 bridgehead atoms. The van der Waals surface area contributed by atoms with Gasteiger partial charge >= 0.3 is 0 Å². The second-order valence-electron chi connectivity index (χ2n) is 4.81. The molecule has 0 unspecified atom stereocenters. The molecule has 0 aliphatic heterocycles. The number of carbonyl (C=O) groups is 1. The van der Waals surface area contributed by atoms with Crippen molar-refractivity contribution in [3.8, 4) is 11.5 Å². The molecular formula is C15H19N3O3. The van der Waals surface area contributed by atoms with Crippen molar-refractivity contribution in [2.45, 2.75) is 20.4 Å². The van der Waals surface area contributed by atoms with Crippen LogP contribution in [0.3, 0.4) is 0 Å². The van der Waals surface area contributed by atoms with Crippen LogP contribution in [-0.4, -0.2) is 27.9 Å². The molecule has 0 radical (unpaired) electrons. The van der Waals surface area contributed by atoms with Gasteiger partial charge in [0.1, 0.15) is 0 Å². The maximum atomic E-state index is 12.2. The largest absolute Gasteiger partial charge is 0.504 e. The number of rotatable bonds is 4. The summed E-state index contributed by atoms with van der Waals surface area (Å²) in [5.41, 5.74) is 3.05. The minimum atomic E-state index is -0.353. The van der Waals surface area contributed by atoms with Crippen molar-refractivity contribution in [2.75, 3.05) is 7.11 Å². The number of para-hydroxylation sites is 1. The first-order valence-corrected chi connectivity index (χ1v) is 6.59. The van der Waals surface area contributed by atoms with E-state index in [0.717, 1.165) is 17.0 Å². The molecule has 6 nitrogen and oxygen atoms in total. The zero-order valence-electron chi connectivity index (χ0n) is 12.6. The second-order valence-corrected chi connectivity index (χ2v) is 4.81. The maximum absolute atomic E-state index is 12.2. The van der Waals surface area contributed by atoms with Gasteiger partial charge in [-0.3, -0.25) is 9.48 Å². The third-order valence-corrected chi connectivity index (χ3v) is 3.55. The fourth-order valence-corrected chi connectivity index (χ4v) is 2.21. The average Bonchev–Trinajstić information content (AvgIpc) is 2.70. The Balaban J connectivity index is 2.16. The number of nitrogens with one attached hydrogen (secondary N) is 1. The summed E-state index contributed by atoms with van der Waals surface area (Å²) in [5.74, 6) is -0.234. The highest BCUT2D eigenvalue weighted by Crippen LogP contribution is 2.29. The lowest BCUT2D eigenvalue weighted by molar-refractivity contribution is 0.0947. The molecule has 0 spiro atoms. The van der Waals surface area contributed by atoms with Crippen molar-refractivity contribution in [1.82, 2.24) is 15.1 Å². The first kappa shape index (κ1) is 14.9. The molecule has 0 aliphatic rings. The quantitative estimate of drug-likeness (QED) is 0.898. The predicted octanol–water partition coefficient (Wildman–Crippen LogP) is 1.68. The normalized spacial score (nSPS) is 10.5. The number of hydrogen-bond donors (Lipinski definition) is 2. The van der Waals surface area contributed by atoms with Gasteiger partial charge in [0.2, 0.25) is 0 Å². The molecule has 1 aromatic heterocycles. The van der Waals surface area contributed by atoms with Crippen molar-refractivity contribution in [3.05, 3.63) is 40.7 Å². The van der Waals surface area contributed by atoms with E-state index in [1.807, 2.05) is 20.9 Å². The van der Waals surface area contributed by atoms with Crippen molar-refractivity contribution >= 4 is 5.91 Å². The highest BCUT2D eigenvalue weighted by atomic mass is 16.5. The minimum absolute atomic E-state index is 0.155. The first-order chi connectivity index (χ1) is 9.95. The van der Waals surface area contributed by atoms with Crippen LogP contribution < -0.4 is 10.1 Å². The lowest BCUT2D eigenvalue weighted by Crippen LogP contribution is -2.23. The summed E-state index contributed by atoms with van der Waals surface area (Å²) in [5, 5.41) is 17.1. The standard InChI is InChI=1S/C15H19N3O3/c1-9-12(10(2)18(3)17-9)8-16-15(20)11-6-5-7-13(21-4)14(11)19/h5-7,19H,8H2,1-4H3,(H,16,20). The summed E-state index contributed by atoms with van der Waals surface area (Å²) in [6.07, 6.45) is 0. The van der Waals surface area contributed by atoms with Gasteiger partial charge in [-0.1, -0.05) is 6.07 Å². The topological polar surface area (TPSA) is 76.4 Å². The number of phenolic OH excluding ortho intramolecular Hbond substituents is 1. The average molecular weight is 289 g/mol. The molecule has 112 valence electrons. The fraction of sp³-hybridized carbons (Fsp3) is 0.333. The molecule has 1 aromatic carbocycles. The summed E-state index contributed by atoms with van der Waals surface area (Å²) >= 11 is 0. The number of benzene rings is 1. The molecule has 0 saturated heterocycles. The number of amides is 1. The molecular weight excluding hydrogens is 270 g/mol. The van der Waals surface area contributed by atoms with Gasteiger partial charge in [-0.2, -0.15) is 5.10 Å². The van der Waals surface area contributed by atoms with Crippen LogP contribution >= 0.6 is 0 Å². The third-order valence-electron chi connectivity index (χ3n) is 3.55. The summed E-state index contributed by atoms with van der Waals surface area (Å²) in [6.45, 7) is 4.21. The molecule has 0 fully saturated rings. The Morgan fingerprint density at radius 2 is 2.14 bits per heavy atom. The molecule has 2 rings (SSSR count). The molecule has 21 heavy (non-hydrogen) atoms. The molecule has 1 heterocycles. The van der Waals surface area contributed by atoms with E-state index < -0.39 is 0 Å². The van der Waals surface area contributed by atoms with Crippen LogP contribution in [0.4, 0.5) is 0 Å². The van der Waals surface area contributed by atoms with E-state index in [-0.39, 0.29) is 23.0 Å². The number of aryl methyl sites for hydroxylation is 2. The van der Waals surface area contributed by atoms with Crippen molar-refractivity contribution in [3.63, 3.8) is 0 Å². The number of aromatic nitrogens is 2. The van der Waals surface area contributed by atoms with Gasteiger partial charge in [0, 0.05) is 24.8 Å². The summed E-state index contributed by atoms with van der Waals surface area (Å²) in [4.78, 5) is 12.2. The highest BCUT2D eigenvalue weighted by molar-refractivity contribution is 5.97. The monoisotopic (exact) mass is 289 g/mol.